The summed E-state index contributed by atoms with van der Waals surface area (Å²) in [4.78, 5) is 16.2. The molecule has 0 saturated heterocycles. The molecule has 0 aliphatic rings. The summed E-state index contributed by atoms with van der Waals surface area (Å²) in [7, 11) is 0. The molecular weight excluding hydrogens is 308 g/mol. The van der Waals surface area contributed by atoms with Crippen molar-refractivity contribution in [3.63, 3.8) is 0 Å². The smallest absolute Gasteiger partial charge is 0.251 e. The highest BCUT2D eigenvalue weighted by molar-refractivity contribution is 7.98. The summed E-state index contributed by atoms with van der Waals surface area (Å²) in [6.07, 6.45) is 2.64. The molecule has 0 fully saturated rings. The van der Waals surface area contributed by atoms with Crippen molar-refractivity contribution in [3.8, 4) is 0 Å². The fourth-order valence-corrected chi connectivity index (χ4v) is 2.48. The summed E-state index contributed by atoms with van der Waals surface area (Å²) in [5, 5.41) is 14.0. The number of aliphatic hydroxyl groups is 1. The fourth-order valence-electron chi connectivity index (χ4n) is 1.81. The van der Waals surface area contributed by atoms with Crippen LogP contribution in [0.3, 0.4) is 0 Å². The molecule has 1 heterocycles. The number of nitrogens with zero attached hydrogens (tertiary/aromatic N) is 1. The summed E-state index contributed by atoms with van der Waals surface area (Å²) >= 11 is 7.47. The maximum atomic E-state index is 12.0. The lowest BCUT2D eigenvalue weighted by atomic mass is 10.1. The molecule has 21 heavy (non-hydrogen) atoms. The third-order valence-electron chi connectivity index (χ3n) is 2.93. The molecule has 6 heteroatoms. The van der Waals surface area contributed by atoms with Gasteiger partial charge in [-0.15, -0.1) is 11.8 Å². The molecule has 0 aliphatic heterocycles. The summed E-state index contributed by atoms with van der Waals surface area (Å²) in [6, 6.07) is 10.4. The van der Waals surface area contributed by atoms with Gasteiger partial charge in [0.25, 0.3) is 5.91 Å². The van der Waals surface area contributed by atoms with E-state index in [1.54, 1.807) is 42.6 Å². The van der Waals surface area contributed by atoms with Crippen LogP contribution in [-0.4, -0.2) is 28.8 Å². The van der Waals surface area contributed by atoms with Gasteiger partial charge in [0.15, 0.2) is 0 Å². The number of aliphatic hydroxyl groups excluding tert-OH is 1. The Bertz CT molecular complexity index is 637. The monoisotopic (exact) mass is 322 g/mol. The van der Waals surface area contributed by atoms with Crippen LogP contribution in [0.1, 0.15) is 22.0 Å². The van der Waals surface area contributed by atoms with E-state index in [0.29, 0.717) is 16.1 Å². The standard InChI is InChI=1S/C15H15ClN2O2S/c1-21-14-8-10(6-7-17-14)15(20)18-9-13(19)11-4-2-3-5-12(11)16/h2-8,13,19H,9H2,1H3,(H,18,20). The van der Waals surface area contributed by atoms with Crippen LogP contribution in [0.25, 0.3) is 0 Å². The Morgan fingerprint density at radius 2 is 2.19 bits per heavy atom. The first-order valence-electron chi connectivity index (χ1n) is 6.32. The zero-order chi connectivity index (χ0) is 15.2. The first-order valence-corrected chi connectivity index (χ1v) is 7.93. The van der Waals surface area contributed by atoms with Crippen LogP contribution in [0.2, 0.25) is 5.02 Å². The maximum Gasteiger partial charge on any atom is 0.251 e. The molecule has 0 bridgehead atoms. The zero-order valence-electron chi connectivity index (χ0n) is 11.4. The number of benzene rings is 1. The molecule has 2 N–H and O–H groups in total. The van der Waals surface area contributed by atoms with Gasteiger partial charge in [0, 0.05) is 28.9 Å². The first kappa shape index (κ1) is 15.8. The van der Waals surface area contributed by atoms with E-state index in [1.807, 2.05) is 6.26 Å². The highest BCUT2D eigenvalue weighted by Gasteiger charge is 2.13. The molecule has 1 unspecified atom stereocenters. The van der Waals surface area contributed by atoms with E-state index >= 15 is 0 Å². The van der Waals surface area contributed by atoms with Gasteiger partial charge in [0.05, 0.1) is 11.1 Å². The molecule has 1 atom stereocenters. The van der Waals surface area contributed by atoms with Crippen molar-refractivity contribution in [2.45, 2.75) is 11.1 Å². The lowest BCUT2D eigenvalue weighted by Crippen LogP contribution is -2.28. The highest BCUT2D eigenvalue weighted by atomic mass is 35.5. The second-order valence-electron chi connectivity index (χ2n) is 4.33. The quantitative estimate of drug-likeness (QED) is 0.831. The normalized spacial score (nSPS) is 12.0. The van der Waals surface area contributed by atoms with E-state index in [1.165, 1.54) is 11.8 Å². The number of aromatic nitrogens is 1. The van der Waals surface area contributed by atoms with Crippen molar-refractivity contribution >= 4 is 29.3 Å². The van der Waals surface area contributed by atoms with Crippen LogP contribution in [-0.2, 0) is 0 Å². The number of pyridine rings is 1. The molecule has 2 rings (SSSR count). The van der Waals surface area contributed by atoms with Crippen molar-refractivity contribution in [2.24, 2.45) is 0 Å². The molecule has 1 aromatic heterocycles. The Morgan fingerprint density at radius 3 is 2.90 bits per heavy atom. The lowest BCUT2D eigenvalue weighted by molar-refractivity contribution is 0.0916. The molecule has 4 nitrogen and oxygen atoms in total. The third-order valence-corrected chi connectivity index (χ3v) is 3.91. The van der Waals surface area contributed by atoms with Crippen LogP contribution in [0.4, 0.5) is 0 Å². The number of nitrogens with one attached hydrogen (secondary N) is 1. The van der Waals surface area contributed by atoms with E-state index in [0.717, 1.165) is 5.03 Å². The van der Waals surface area contributed by atoms with Crippen LogP contribution in [0.5, 0.6) is 0 Å². The molecule has 0 aliphatic carbocycles. The molecule has 110 valence electrons. The molecule has 0 radical (unpaired) electrons. The number of hydrogen-bond acceptors (Lipinski definition) is 4. The van der Waals surface area contributed by atoms with Gasteiger partial charge in [-0.1, -0.05) is 29.8 Å². The van der Waals surface area contributed by atoms with Crippen LogP contribution < -0.4 is 5.32 Å². The van der Waals surface area contributed by atoms with Gasteiger partial charge in [-0.3, -0.25) is 4.79 Å². The number of rotatable bonds is 5. The van der Waals surface area contributed by atoms with E-state index in [-0.39, 0.29) is 12.5 Å². The molecule has 1 amide bonds. The maximum absolute atomic E-state index is 12.0. The van der Waals surface area contributed by atoms with Crippen molar-refractivity contribution in [1.82, 2.24) is 10.3 Å². The van der Waals surface area contributed by atoms with Gasteiger partial charge in [-0.05, 0) is 24.5 Å². The Morgan fingerprint density at radius 1 is 1.43 bits per heavy atom. The number of halogens is 1. The van der Waals surface area contributed by atoms with Crippen LogP contribution >= 0.6 is 23.4 Å². The van der Waals surface area contributed by atoms with Gasteiger partial charge in [-0.25, -0.2) is 4.98 Å². The van der Waals surface area contributed by atoms with E-state index in [2.05, 4.69) is 10.3 Å². The van der Waals surface area contributed by atoms with Crippen molar-refractivity contribution < 1.29 is 9.90 Å². The topological polar surface area (TPSA) is 62.2 Å². The Hall–Kier alpha value is -1.56. The van der Waals surface area contributed by atoms with Crippen molar-refractivity contribution in [1.29, 1.82) is 0 Å². The minimum Gasteiger partial charge on any atom is -0.387 e. The molecule has 0 spiro atoms. The largest absolute Gasteiger partial charge is 0.387 e. The van der Waals surface area contributed by atoms with Gasteiger partial charge in [0.1, 0.15) is 0 Å². The Kier molecular flexibility index (Phi) is 5.61. The average Bonchev–Trinajstić information content (AvgIpc) is 2.52. The number of hydrogen-bond donors (Lipinski definition) is 2. The second kappa shape index (κ2) is 7.45. The minimum atomic E-state index is -0.843. The predicted molar refractivity (Wildman–Crippen MR) is 84.8 cm³/mol. The lowest BCUT2D eigenvalue weighted by Gasteiger charge is -2.13. The zero-order valence-corrected chi connectivity index (χ0v) is 13.0. The minimum absolute atomic E-state index is 0.0967. The molecule has 2 aromatic rings. The summed E-state index contributed by atoms with van der Waals surface area (Å²) < 4.78 is 0. The van der Waals surface area contributed by atoms with Crippen molar-refractivity contribution in [3.05, 3.63) is 58.7 Å². The van der Waals surface area contributed by atoms with E-state index in [4.69, 9.17) is 11.6 Å². The van der Waals surface area contributed by atoms with E-state index in [9.17, 15) is 9.90 Å². The van der Waals surface area contributed by atoms with Crippen LogP contribution in [0.15, 0.2) is 47.6 Å². The molecule has 0 saturated carbocycles. The second-order valence-corrected chi connectivity index (χ2v) is 5.57. The predicted octanol–water partition coefficient (Wildman–Crippen LogP) is 2.92. The highest BCUT2D eigenvalue weighted by Crippen LogP contribution is 2.22. The van der Waals surface area contributed by atoms with Crippen LogP contribution in [0, 0.1) is 0 Å². The average molecular weight is 323 g/mol. The van der Waals surface area contributed by atoms with E-state index < -0.39 is 6.10 Å². The Balaban J connectivity index is 1.99. The van der Waals surface area contributed by atoms with Gasteiger partial charge in [-0.2, -0.15) is 0 Å². The summed E-state index contributed by atoms with van der Waals surface area (Å²) in [5.74, 6) is -0.251. The molecule has 1 aromatic carbocycles. The van der Waals surface area contributed by atoms with Gasteiger partial charge < -0.3 is 10.4 Å². The first-order chi connectivity index (χ1) is 10.1. The Labute approximate surface area is 132 Å². The fraction of sp³-hybridized carbons (Fsp3) is 0.200. The van der Waals surface area contributed by atoms with Crippen molar-refractivity contribution in [2.75, 3.05) is 12.8 Å². The van der Waals surface area contributed by atoms with Gasteiger partial charge >= 0.3 is 0 Å². The number of carbonyl (C=O) groups excluding carboxylic acids is 1. The third kappa shape index (κ3) is 4.20. The molecular formula is C15H15ClN2O2S. The number of thioether (sulfide) groups is 1. The number of carbonyl (C=O) groups is 1. The number of amides is 1. The summed E-state index contributed by atoms with van der Waals surface area (Å²) in [5.41, 5.74) is 1.11. The SMILES string of the molecule is CSc1cc(C(=O)NCC(O)c2ccccc2Cl)ccn1. The summed E-state index contributed by atoms with van der Waals surface area (Å²) in [6.45, 7) is 0.0967. The van der Waals surface area contributed by atoms with Gasteiger partial charge in [0.2, 0.25) is 0 Å².